The van der Waals surface area contributed by atoms with E-state index in [4.69, 9.17) is 9.47 Å². The van der Waals surface area contributed by atoms with E-state index in [0.717, 1.165) is 4.90 Å². The van der Waals surface area contributed by atoms with Gasteiger partial charge in [0.1, 0.15) is 17.0 Å². The van der Waals surface area contributed by atoms with Crippen LogP contribution < -0.4 is 14.8 Å². The molecule has 146 valence electrons. The van der Waals surface area contributed by atoms with Crippen LogP contribution in [-0.4, -0.2) is 43.4 Å². The van der Waals surface area contributed by atoms with Crippen molar-refractivity contribution in [2.45, 2.75) is 18.9 Å². The summed E-state index contributed by atoms with van der Waals surface area (Å²) in [5.74, 6) is 0.0219. The van der Waals surface area contributed by atoms with Gasteiger partial charge in [-0.25, -0.2) is 4.79 Å². The van der Waals surface area contributed by atoms with Gasteiger partial charge in [0.05, 0.1) is 26.3 Å². The number of ketones is 1. The Kier molecular flexibility index (Phi) is 5.35. The minimum absolute atomic E-state index is 0.276. The molecule has 1 heterocycles. The number of ether oxygens (including phenoxy) is 2. The van der Waals surface area contributed by atoms with E-state index in [1.54, 1.807) is 30.3 Å². The van der Waals surface area contributed by atoms with Crippen molar-refractivity contribution in [1.82, 2.24) is 10.2 Å². The summed E-state index contributed by atoms with van der Waals surface area (Å²) in [5.41, 5.74) is -0.201. The zero-order valence-corrected chi connectivity index (χ0v) is 16.0. The molecular formula is C21H22N2O5. The van der Waals surface area contributed by atoms with E-state index in [0.29, 0.717) is 23.5 Å². The molecule has 7 nitrogen and oxygen atoms in total. The summed E-state index contributed by atoms with van der Waals surface area (Å²) in [5, 5.41) is 2.77. The number of Topliss-reactive ketones (excluding diaryl/α,β-unsaturated/α-hetero) is 1. The molecule has 0 radical (unpaired) electrons. The minimum Gasteiger partial charge on any atom is -0.497 e. The second-order valence-electron chi connectivity index (χ2n) is 6.44. The van der Waals surface area contributed by atoms with Gasteiger partial charge in [-0.3, -0.25) is 14.5 Å². The molecule has 0 spiro atoms. The highest BCUT2D eigenvalue weighted by Crippen LogP contribution is 2.33. The van der Waals surface area contributed by atoms with Crippen LogP contribution in [0.2, 0.25) is 0 Å². The number of nitrogens with one attached hydrogen (secondary N) is 1. The summed E-state index contributed by atoms with van der Waals surface area (Å²) in [7, 11) is 2.95. The first kappa shape index (κ1) is 19.4. The van der Waals surface area contributed by atoms with E-state index in [9.17, 15) is 14.4 Å². The maximum atomic E-state index is 13.1. The Hall–Kier alpha value is -3.35. The number of hydrogen-bond acceptors (Lipinski definition) is 5. The number of methoxy groups -OCH3 is 2. The number of nitrogens with zero attached hydrogens (tertiary/aromatic N) is 1. The fourth-order valence-corrected chi connectivity index (χ4v) is 3.39. The molecule has 0 bridgehead atoms. The quantitative estimate of drug-likeness (QED) is 0.588. The Morgan fingerprint density at radius 3 is 2.39 bits per heavy atom. The number of carbonyl (C=O) groups is 3. The molecule has 1 atom stereocenters. The number of amides is 3. The Labute approximate surface area is 163 Å². The van der Waals surface area contributed by atoms with Crippen molar-refractivity contribution in [2.75, 3.05) is 20.8 Å². The summed E-state index contributed by atoms with van der Waals surface area (Å²) in [6.45, 7) is 1.45. The van der Waals surface area contributed by atoms with Crippen LogP contribution in [0.25, 0.3) is 0 Å². The Morgan fingerprint density at radius 1 is 1.07 bits per heavy atom. The molecule has 7 heteroatoms. The molecule has 1 aliphatic rings. The number of urea groups is 1. The molecule has 1 fully saturated rings. The fourth-order valence-electron chi connectivity index (χ4n) is 3.39. The number of carbonyl (C=O) groups excluding carboxylic acids is 3. The van der Waals surface area contributed by atoms with Crippen LogP contribution in [0, 0.1) is 0 Å². The summed E-state index contributed by atoms with van der Waals surface area (Å²) >= 11 is 0. The van der Waals surface area contributed by atoms with Crippen LogP contribution in [0.15, 0.2) is 48.5 Å². The Bertz CT molecular complexity index is 912. The van der Waals surface area contributed by atoms with E-state index >= 15 is 0 Å². The van der Waals surface area contributed by atoms with E-state index in [1.807, 2.05) is 25.1 Å². The van der Waals surface area contributed by atoms with E-state index in [-0.39, 0.29) is 12.1 Å². The molecule has 1 saturated heterocycles. The number of rotatable bonds is 7. The first-order valence-corrected chi connectivity index (χ1v) is 8.91. The molecule has 1 N–H and O–H groups in total. The number of hydrogen-bond donors (Lipinski definition) is 1. The maximum Gasteiger partial charge on any atom is 0.325 e. The third-order valence-corrected chi connectivity index (χ3v) is 4.98. The Morgan fingerprint density at radius 2 is 1.79 bits per heavy atom. The molecule has 1 aliphatic heterocycles. The lowest BCUT2D eigenvalue weighted by atomic mass is 9.87. The van der Waals surface area contributed by atoms with Gasteiger partial charge in [-0.15, -0.1) is 0 Å². The Balaban J connectivity index is 1.88. The van der Waals surface area contributed by atoms with E-state index in [1.165, 1.54) is 14.2 Å². The first-order chi connectivity index (χ1) is 13.5. The van der Waals surface area contributed by atoms with Gasteiger partial charge in [0.2, 0.25) is 0 Å². The van der Waals surface area contributed by atoms with Crippen molar-refractivity contribution in [3.05, 3.63) is 59.7 Å². The third-order valence-electron chi connectivity index (χ3n) is 4.98. The van der Waals surface area contributed by atoms with Gasteiger partial charge in [0.25, 0.3) is 5.91 Å². The van der Waals surface area contributed by atoms with Crippen molar-refractivity contribution in [2.24, 2.45) is 0 Å². The molecule has 3 amide bonds. The predicted octanol–water partition coefficient (Wildman–Crippen LogP) is 2.74. The van der Waals surface area contributed by atoms with Crippen molar-refractivity contribution >= 4 is 17.7 Å². The standard InChI is InChI=1S/C21H22N2O5/c1-4-21(14-8-6-5-7-9-14)19(25)23(20(26)22-21)13-17(24)16-11-10-15(27-2)12-18(16)28-3/h5-12H,4,13H2,1-3H3,(H,22,26)/t21-/m0/s1. The summed E-state index contributed by atoms with van der Waals surface area (Å²) in [4.78, 5) is 39.4. The number of benzene rings is 2. The minimum atomic E-state index is -1.16. The zero-order valence-electron chi connectivity index (χ0n) is 16.0. The van der Waals surface area contributed by atoms with E-state index < -0.39 is 23.3 Å². The van der Waals surface area contributed by atoms with Gasteiger partial charge in [-0.05, 0) is 24.1 Å². The average molecular weight is 382 g/mol. The van der Waals surface area contributed by atoms with Crippen molar-refractivity contribution in [1.29, 1.82) is 0 Å². The zero-order chi connectivity index (χ0) is 20.3. The molecular weight excluding hydrogens is 360 g/mol. The van der Waals surface area contributed by atoms with Gasteiger partial charge in [-0.1, -0.05) is 37.3 Å². The first-order valence-electron chi connectivity index (χ1n) is 8.91. The van der Waals surface area contributed by atoms with Gasteiger partial charge in [-0.2, -0.15) is 0 Å². The summed E-state index contributed by atoms with van der Waals surface area (Å²) in [6.07, 6.45) is 0.373. The second kappa shape index (κ2) is 7.72. The topological polar surface area (TPSA) is 84.9 Å². The van der Waals surface area contributed by atoms with E-state index in [2.05, 4.69) is 5.32 Å². The molecule has 2 aromatic rings. The largest absolute Gasteiger partial charge is 0.497 e. The SMILES string of the molecule is CC[C@@]1(c2ccccc2)NC(=O)N(CC(=O)c2ccc(OC)cc2OC)C1=O. The second-order valence-corrected chi connectivity index (χ2v) is 6.44. The van der Waals surface area contributed by atoms with Crippen molar-refractivity contribution in [3.63, 3.8) is 0 Å². The van der Waals surface area contributed by atoms with Gasteiger partial charge < -0.3 is 14.8 Å². The molecule has 0 unspecified atom stereocenters. The molecule has 0 aromatic heterocycles. The van der Waals surface area contributed by atoms with Crippen LogP contribution in [0.3, 0.4) is 0 Å². The van der Waals surface area contributed by atoms with Gasteiger partial charge in [0, 0.05) is 6.07 Å². The molecule has 28 heavy (non-hydrogen) atoms. The lowest BCUT2D eigenvalue weighted by Gasteiger charge is -2.25. The normalized spacial score (nSPS) is 18.8. The van der Waals surface area contributed by atoms with Crippen LogP contribution in [0.5, 0.6) is 11.5 Å². The lowest BCUT2D eigenvalue weighted by Crippen LogP contribution is -2.43. The average Bonchev–Trinajstić information content (AvgIpc) is 2.98. The molecule has 3 rings (SSSR count). The van der Waals surface area contributed by atoms with Crippen molar-refractivity contribution in [3.8, 4) is 11.5 Å². The highest BCUT2D eigenvalue weighted by Gasteiger charge is 2.51. The monoisotopic (exact) mass is 382 g/mol. The van der Waals surface area contributed by atoms with Gasteiger partial charge in [0.15, 0.2) is 5.78 Å². The molecule has 2 aromatic carbocycles. The lowest BCUT2D eigenvalue weighted by molar-refractivity contribution is -0.131. The van der Waals surface area contributed by atoms with Crippen LogP contribution in [-0.2, 0) is 10.3 Å². The third kappa shape index (κ3) is 3.19. The number of imide groups is 1. The maximum absolute atomic E-state index is 13.1. The van der Waals surface area contributed by atoms with Crippen LogP contribution >= 0.6 is 0 Å². The highest BCUT2D eigenvalue weighted by atomic mass is 16.5. The van der Waals surface area contributed by atoms with Crippen LogP contribution in [0.4, 0.5) is 4.79 Å². The van der Waals surface area contributed by atoms with Crippen LogP contribution in [0.1, 0.15) is 29.3 Å². The smallest absolute Gasteiger partial charge is 0.325 e. The molecule has 0 saturated carbocycles. The summed E-state index contributed by atoms with van der Waals surface area (Å²) in [6, 6.07) is 13.2. The fraction of sp³-hybridized carbons (Fsp3) is 0.286. The summed E-state index contributed by atoms with van der Waals surface area (Å²) < 4.78 is 10.4. The van der Waals surface area contributed by atoms with Gasteiger partial charge >= 0.3 is 6.03 Å². The molecule has 0 aliphatic carbocycles. The predicted molar refractivity (Wildman–Crippen MR) is 103 cm³/mol. The van der Waals surface area contributed by atoms with Crippen molar-refractivity contribution < 1.29 is 23.9 Å². The highest BCUT2D eigenvalue weighted by molar-refractivity contribution is 6.12.